The van der Waals surface area contributed by atoms with Crippen molar-refractivity contribution in [2.24, 2.45) is 0 Å². The van der Waals surface area contributed by atoms with Crippen LogP contribution in [0.15, 0.2) is 97.1 Å². The van der Waals surface area contributed by atoms with E-state index in [1.165, 1.54) is 17.9 Å². The second-order valence-electron chi connectivity index (χ2n) is 10.4. The predicted molar refractivity (Wildman–Crippen MR) is 172 cm³/mol. The van der Waals surface area contributed by atoms with Crippen LogP contribution in [-0.2, 0) is 34.0 Å². The molecule has 0 spiro atoms. The number of hydrogen-bond acceptors (Lipinski definition) is 9. The van der Waals surface area contributed by atoms with E-state index in [9.17, 15) is 24.9 Å². The molecule has 11 nitrogen and oxygen atoms in total. The summed E-state index contributed by atoms with van der Waals surface area (Å²) in [5.41, 5.74) is 6.32. The van der Waals surface area contributed by atoms with Gasteiger partial charge < -0.3 is 34.9 Å². The molecule has 0 aliphatic heterocycles. The van der Waals surface area contributed by atoms with Gasteiger partial charge in [0.15, 0.2) is 0 Å². The van der Waals surface area contributed by atoms with E-state index in [1.54, 1.807) is 30.3 Å². The van der Waals surface area contributed by atoms with Crippen molar-refractivity contribution in [1.82, 2.24) is 10.8 Å². The first-order valence-electron chi connectivity index (χ1n) is 14.9. The first kappa shape index (κ1) is 33.9. The largest absolute Gasteiger partial charge is 0.508 e. The summed E-state index contributed by atoms with van der Waals surface area (Å²) in [4.78, 5) is 30.2. The van der Waals surface area contributed by atoms with E-state index in [0.717, 1.165) is 23.3 Å². The highest BCUT2D eigenvalue weighted by molar-refractivity contribution is 5.99. The standard InChI is InChI=1S/C35H39N3O8/c1-25(40)46-37-35(43)38(30-7-3-2-4-8-30)31-9-5-6-27(20-31)24-44-18-19-45-32-13-10-26(11-14-32)16-17-36-22-34(42)28-12-15-33(41)29(21-28)23-39/h2-15,20-21,34,36,39,41-42H,16-19,22-24H2,1H3,(H,37,43)/t34-/m0/s1. The Morgan fingerprint density at radius 1 is 0.870 bits per heavy atom. The maximum Gasteiger partial charge on any atom is 0.359 e. The van der Waals surface area contributed by atoms with E-state index >= 15 is 0 Å². The molecule has 2 amide bonds. The molecule has 1 atom stereocenters. The van der Waals surface area contributed by atoms with Gasteiger partial charge in [0.1, 0.15) is 18.1 Å². The lowest BCUT2D eigenvalue weighted by Gasteiger charge is -2.23. The van der Waals surface area contributed by atoms with Crippen molar-refractivity contribution < 1.29 is 39.2 Å². The number of carbonyl (C=O) groups excluding carboxylic acids is 2. The number of hydrogen-bond donors (Lipinski definition) is 5. The monoisotopic (exact) mass is 629 g/mol. The van der Waals surface area contributed by atoms with E-state index in [-0.39, 0.29) is 12.4 Å². The lowest BCUT2D eigenvalue weighted by molar-refractivity contribution is -0.145. The van der Waals surface area contributed by atoms with Crippen molar-refractivity contribution in [3.8, 4) is 11.5 Å². The first-order chi connectivity index (χ1) is 22.3. The third-order valence-corrected chi connectivity index (χ3v) is 6.94. The van der Waals surface area contributed by atoms with Crippen LogP contribution in [0.3, 0.4) is 0 Å². The summed E-state index contributed by atoms with van der Waals surface area (Å²) in [6.07, 6.45) is 0.0109. The van der Waals surface area contributed by atoms with Crippen LogP contribution in [0.5, 0.6) is 11.5 Å². The van der Waals surface area contributed by atoms with E-state index in [4.69, 9.17) is 14.3 Å². The van der Waals surface area contributed by atoms with Crippen LogP contribution < -0.4 is 20.4 Å². The number of urea groups is 1. The second-order valence-corrected chi connectivity index (χ2v) is 10.4. The van der Waals surface area contributed by atoms with Crippen LogP contribution in [0.2, 0.25) is 0 Å². The fourth-order valence-corrected chi connectivity index (χ4v) is 4.60. The molecule has 0 saturated carbocycles. The van der Waals surface area contributed by atoms with Crippen LogP contribution >= 0.6 is 0 Å². The fraction of sp³-hybridized carbons (Fsp3) is 0.257. The molecular formula is C35H39N3O8. The zero-order chi connectivity index (χ0) is 32.7. The Kier molecular flexibility index (Phi) is 12.9. The lowest BCUT2D eigenvalue weighted by atomic mass is 10.1. The van der Waals surface area contributed by atoms with Gasteiger partial charge >= 0.3 is 12.0 Å². The van der Waals surface area contributed by atoms with Crippen molar-refractivity contribution in [3.63, 3.8) is 0 Å². The zero-order valence-electron chi connectivity index (χ0n) is 25.6. The number of anilines is 2. The number of ether oxygens (including phenoxy) is 2. The van der Waals surface area contributed by atoms with Gasteiger partial charge in [-0.15, -0.1) is 0 Å². The van der Waals surface area contributed by atoms with E-state index in [1.807, 2.05) is 60.7 Å². The highest BCUT2D eigenvalue weighted by Crippen LogP contribution is 2.27. The zero-order valence-corrected chi connectivity index (χ0v) is 25.6. The molecule has 0 bridgehead atoms. The van der Waals surface area contributed by atoms with E-state index in [2.05, 4.69) is 10.8 Å². The number of nitrogens with one attached hydrogen (secondary N) is 2. The maximum atomic E-state index is 12.8. The van der Waals surface area contributed by atoms with Crippen LogP contribution in [0, 0.1) is 0 Å². The smallest absolute Gasteiger partial charge is 0.359 e. The summed E-state index contributed by atoms with van der Waals surface area (Å²) in [6.45, 7) is 2.94. The highest BCUT2D eigenvalue weighted by atomic mass is 16.7. The molecule has 4 aromatic carbocycles. The van der Waals surface area contributed by atoms with Gasteiger partial charge in [0.05, 0.1) is 37.3 Å². The minimum atomic E-state index is -0.753. The number of phenols is 1. The molecule has 0 radical (unpaired) electrons. The van der Waals surface area contributed by atoms with Gasteiger partial charge in [0.25, 0.3) is 0 Å². The summed E-state index contributed by atoms with van der Waals surface area (Å²) in [7, 11) is 0. The van der Waals surface area contributed by atoms with Crippen molar-refractivity contribution in [2.75, 3.05) is 31.2 Å². The molecule has 5 N–H and O–H groups in total. The molecule has 0 unspecified atom stereocenters. The first-order valence-corrected chi connectivity index (χ1v) is 14.9. The minimum Gasteiger partial charge on any atom is -0.508 e. The van der Waals surface area contributed by atoms with Crippen molar-refractivity contribution in [3.05, 3.63) is 119 Å². The van der Waals surface area contributed by atoms with Crippen LogP contribution in [-0.4, -0.2) is 53.6 Å². The fourth-order valence-electron chi connectivity index (χ4n) is 4.60. The molecular weight excluding hydrogens is 590 g/mol. The Hall–Kier alpha value is -4.94. The predicted octanol–water partition coefficient (Wildman–Crippen LogP) is 4.67. The quantitative estimate of drug-likeness (QED) is 0.0934. The SMILES string of the molecule is CC(=O)ONC(=O)N(c1ccccc1)c1cccc(COCCOc2ccc(CCNC[C@H](O)c3ccc(O)c(CO)c3)cc2)c1. The lowest BCUT2D eigenvalue weighted by Crippen LogP contribution is -2.37. The van der Waals surface area contributed by atoms with Gasteiger partial charge in [-0.25, -0.2) is 4.79 Å². The molecule has 242 valence electrons. The molecule has 11 heteroatoms. The van der Waals surface area contributed by atoms with Crippen molar-refractivity contribution in [1.29, 1.82) is 0 Å². The Bertz CT molecular complexity index is 1550. The van der Waals surface area contributed by atoms with Crippen molar-refractivity contribution >= 4 is 23.4 Å². The number of amides is 2. The number of rotatable bonds is 15. The molecule has 46 heavy (non-hydrogen) atoms. The Labute approximate surface area is 267 Å². The number of aliphatic hydroxyl groups excluding tert-OH is 2. The van der Waals surface area contributed by atoms with Gasteiger partial charge in [-0.2, -0.15) is 5.48 Å². The Balaban J connectivity index is 1.18. The van der Waals surface area contributed by atoms with Gasteiger partial charge in [0.2, 0.25) is 0 Å². The number of benzene rings is 4. The maximum absolute atomic E-state index is 12.8. The van der Waals surface area contributed by atoms with Crippen molar-refractivity contribution in [2.45, 2.75) is 32.7 Å². The average molecular weight is 630 g/mol. The Morgan fingerprint density at radius 3 is 2.37 bits per heavy atom. The van der Waals surface area contributed by atoms with E-state index < -0.39 is 18.1 Å². The summed E-state index contributed by atoms with van der Waals surface area (Å²) in [5.74, 6) is 0.101. The van der Waals surface area contributed by atoms with Gasteiger partial charge in [0, 0.05) is 19.0 Å². The molecule has 0 aromatic heterocycles. The number of nitrogens with zero attached hydrogens (tertiary/aromatic N) is 1. The van der Waals surface area contributed by atoms with Crippen LogP contribution in [0.1, 0.15) is 35.3 Å². The topological polar surface area (TPSA) is 150 Å². The summed E-state index contributed by atoms with van der Waals surface area (Å²) < 4.78 is 11.6. The molecule has 0 saturated heterocycles. The number of aromatic hydroxyl groups is 1. The van der Waals surface area contributed by atoms with Gasteiger partial charge in [-0.3, -0.25) is 9.69 Å². The highest BCUT2D eigenvalue weighted by Gasteiger charge is 2.19. The van der Waals surface area contributed by atoms with Gasteiger partial charge in [-0.05, 0) is 78.2 Å². The molecule has 4 aromatic rings. The molecule has 0 heterocycles. The minimum absolute atomic E-state index is 0.00700. The molecule has 0 aliphatic carbocycles. The number of para-hydroxylation sites is 1. The summed E-state index contributed by atoms with van der Waals surface area (Å²) in [6, 6.07) is 28.2. The normalized spacial score (nSPS) is 11.5. The average Bonchev–Trinajstić information content (AvgIpc) is 3.07. The summed E-state index contributed by atoms with van der Waals surface area (Å²) >= 11 is 0. The number of aliphatic hydroxyl groups is 2. The number of carbonyl (C=O) groups is 2. The third kappa shape index (κ3) is 10.3. The molecule has 4 rings (SSSR count). The van der Waals surface area contributed by atoms with Crippen LogP contribution in [0.25, 0.3) is 0 Å². The molecule has 0 aliphatic rings. The Morgan fingerprint density at radius 2 is 1.63 bits per heavy atom. The summed E-state index contributed by atoms with van der Waals surface area (Å²) in [5, 5.41) is 32.6. The number of hydroxylamine groups is 1. The van der Waals surface area contributed by atoms with Crippen LogP contribution in [0.4, 0.5) is 16.2 Å². The van der Waals surface area contributed by atoms with Gasteiger partial charge in [-0.1, -0.05) is 48.5 Å². The second kappa shape index (κ2) is 17.5. The third-order valence-electron chi connectivity index (χ3n) is 6.94. The van der Waals surface area contributed by atoms with E-state index in [0.29, 0.717) is 55.4 Å². The molecule has 0 fully saturated rings.